The fourth-order valence-electron chi connectivity index (χ4n) is 3.03. The van der Waals surface area contributed by atoms with Gasteiger partial charge < -0.3 is 15.1 Å². The topological polar surface area (TPSA) is 43.7 Å². The second-order valence-corrected chi connectivity index (χ2v) is 6.38. The zero-order chi connectivity index (χ0) is 14.4. The lowest BCUT2D eigenvalue weighted by molar-refractivity contribution is 0.133. The van der Waals surface area contributed by atoms with Crippen LogP contribution >= 0.6 is 15.9 Å². The summed E-state index contributed by atoms with van der Waals surface area (Å²) >= 11 is 3.50. The summed E-state index contributed by atoms with van der Waals surface area (Å²) in [6.45, 7) is 2.33. The Kier molecular flexibility index (Phi) is 6.49. The van der Waals surface area contributed by atoms with Gasteiger partial charge in [-0.25, -0.2) is 0 Å². The Hall–Kier alpha value is -0.420. The first-order valence-electron chi connectivity index (χ1n) is 7.49. The monoisotopic (exact) mass is 341 g/mol. The van der Waals surface area contributed by atoms with E-state index < -0.39 is 6.10 Å². The number of likely N-dealkylation sites (tertiary alicyclic amines) is 1. The van der Waals surface area contributed by atoms with Gasteiger partial charge in [-0.15, -0.1) is 0 Å². The Morgan fingerprint density at radius 3 is 2.90 bits per heavy atom. The van der Waals surface area contributed by atoms with Gasteiger partial charge in [-0.3, -0.25) is 0 Å². The molecule has 20 heavy (non-hydrogen) atoms. The van der Waals surface area contributed by atoms with Crippen molar-refractivity contribution in [3.05, 3.63) is 34.3 Å². The Balaban J connectivity index is 1.83. The molecule has 1 heterocycles. The van der Waals surface area contributed by atoms with E-state index in [1.54, 1.807) is 0 Å². The summed E-state index contributed by atoms with van der Waals surface area (Å²) in [7, 11) is 0. The molecule has 0 bridgehead atoms. The van der Waals surface area contributed by atoms with Crippen LogP contribution in [0.5, 0.6) is 0 Å². The Morgan fingerprint density at radius 1 is 1.35 bits per heavy atom. The number of benzene rings is 1. The Bertz CT molecular complexity index is 413. The standard InChI is InChI=1S/C16H24BrNO2/c17-15-8-2-1-7-14(15)16(20)9-11-18-10-3-5-13(18)6-4-12-19/h1-2,7-8,13,16,19-20H,3-6,9-12H2. The lowest BCUT2D eigenvalue weighted by Gasteiger charge is -2.25. The van der Waals surface area contributed by atoms with Crippen molar-refractivity contribution >= 4 is 15.9 Å². The summed E-state index contributed by atoms with van der Waals surface area (Å²) in [5, 5.41) is 19.3. The molecule has 1 fully saturated rings. The Morgan fingerprint density at radius 2 is 2.15 bits per heavy atom. The number of hydrogen-bond acceptors (Lipinski definition) is 3. The largest absolute Gasteiger partial charge is 0.396 e. The third-order valence-electron chi connectivity index (χ3n) is 4.15. The molecule has 0 saturated carbocycles. The van der Waals surface area contributed by atoms with Gasteiger partial charge in [0.1, 0.15) is 0 Å². The highest BCUT2D eigenvalue weighted by Crippen LogP contribution is 2.27. The zero-order valence-corrected chi connectivity index (χ0v) is 13.4. The second-order valence-electron chi connectivity index (χ2n) is 5.52. The summed E-state index contributed by atoms with van der Waals surface area (Å²) in [4.78, 5) is 2.47. The zero-order valence-electron chi connectivity index (χ0n) is 11.8. The molecule has 0 radical (unpaired) electrons. The number of nitrogens with zero attached hydrogens (tertiary/aromatic N) is 1. The molecule has 0 aliphatic carbocycles. The highest BCUT2D eigenvalue weighted by molar-refractivity contribution is 9.10. The van der Waals surface area contributed by atoms with Crippen molar-refractivity contribution in [2.45, 2.75) is 44.2 Å². The van der Waals surface area contributed by atoms with Crippen LogP contribution in [0.1, 0.15) is 43.8 Å². The smallest absolute Gasteiger partial charge is 0.0813 e. The molecule has 0 spiro atoms. The van der Waals surface area contributed by atoms with E-state index in [-0.39, 0.29) is 6.61 Å². The molecule has 0 aromatic heterocycles. The first-order valence-corrected chi connectivity index (χ1v) is 8.29. The van der Waals surface area contributed by atoms with E-state index in [0.29, 0.717) is 6.04 Å². The minimum Gasteiger partial charge on any atom is -0.396 e. The first kappa shape index (κ1) is 16.0. The average molecular weight is 342 g/mol. The summed E-state index contributed by atoms with van der Waals surface area (Å²) < 4.78 is 0.978. The van der Waals surface area contributed by atoms with E-state index in [9.17, 15) is 5.11 Å². The molecule has 2 N–H and O–H groups in total. The third-order valence-corrected chi connectivity index (χ3v) is 4.87. The molecule has 2 unspecified atom stereocenters. The maximum Gasteiger partial charge on any atom is 0.0813 e. The number of aliphatic hydroxyl groups excluding tert-OH is 2. The van der Waals surface area contributed by atoms with E-state index in [1.165, 1.54) is 12.8 Å². The van der Waals surface area contributed by atoms with Crippen molar-refractivity contribution in [3.8, 4) is 0 Å². The number of hydrogen-bond donors (Lipinski definition) is 2. The van der Waals surface area contributed by atoms with Crippen LogP contribution in [0.25, 0.3) is 0 Å². The first-order chi connectivity index (χ1) is 9.72. The van der Waals surface area contributed by atoms with Gasteiger partial charge in [0, 0.05) is 23.7 Å². The molecule has 1 aliphatic rings. The van der Waals surface area contributed by atoms with Crippen LogP contribution in [0.2, 0.25) is 0 Å². The highest BCUT2D eigenvalue weighted by atomic mass is 79.9. The van der Waals surface area contributed by atoms with Crippen LogP contribution in [0.15, 0.2) is 28.7 Å². The van der Waals surface area contributed by atoms with Crippen molar-refractivity contribution < 1.29 is 10.2 Å². The van der Waals surface area contributed by atoms with Gasteiger partial charge in [0.15, 0.2) is 0 Å². The van der Waals surface area contributed by atoms with Gasteiger partial charge in [0.25, 0.3) is 0 Å². The van der Waals surface area contributed by atoms with E-state index >= 15 is 0 Å². The minimum atomic E-state index is -0.412. The van der Waals surface area contributed by atoms with Crippen molar-refractivity contribution in [2.24, 2.45) is 0 Å². The quantitative estimate of drug-likeness (QED) is 0.800. The van der Waals surface area contributed by atoms with E-state index in [2.05, 4.69) is 20.8 Å². The van der Waals surface area contributed by atoms with Crippen LogP contribution in [-0.2, 0) is 0 Å². The van der Waals surface area contributed by atoms with Gasteiger partial charge in [-0.2, -0.15) is 0 Å². The van der Waals surface area contributed by atoms with Crippen LogP contribution in [0, 0.1) is 0 Å². The van der Waals surface area contributed by atoms with Crippen LogP contribution in [-0.4, -0.2) is 40.9 Å². The van der Waals surface area contributed by atoms with Gasteiger partial charge in [0.05, 0.1) is 6.10 Å². The number of halogens is 1. The van der Waals surface area contributed by atoms with E-state index in [1.807, 2.05) is 24.3 Å². The van der Waals surface area contributed by atoms with Crippen LogP contribution < -0.4 is 0 Å². The van der Waals surface area contributed by atoms with Crippen LogP contribution in [0.4, 0.5) is 0 Å². The molecule has 0 amide bonds. The third kappa shape index (κ3) is 4.29. The van der Waals surface area contributed by atoms with E-state index in [0.717, 1.165) is 42.4 Å². The van der Waals surface area contributed by atoms with Gasteiger partial charge in [-0.1, -0.05) is 34.1 Å². The van der Waals surface area contributed by atoms with Crippen molar-refractivity contribution in [1.82, 2.24) is 4.90 Å². The molecular weight excluding hydrogens is 318 g/mol. The van der Waals surface area contributed by atoms with E-state index in [4.69, 9.17) is 5.11 Å². The predicted octanol–water partition coefficient (Wildman–Crippen LogP) is 3.11. The molecule has 2 rings (SSSR count). The molecule has 1 saturated heterocycles. The molecule has 2 atom stereocenters. The summed E-state index contributed by atoms with van der Waals surface area (Å²) in [6.07, 6.45) is 4.77. The van der Waals surface area contributed by atoms with Crippen LogP contribution in [0.3, 0.4) is 0 Å². The molecule has 1 aromatic carbocycles. The van der Waals surface area contributed by atoms with Gasteiger partial charge >= 0.3 is 0 Å². The van der Waals surface area contributed by atoms with Crippen molar-refractivity contribution in [1.29, 1.82) is 0 Å². The second kappa shape index (κ2) is 8.13. The van der Waals surface area contributed by atoms with Gasteiger partial charge in [-0.05, 0) is 50.3 Å². The summed E-state index contributed by atoms with van der Waals surface area (Å²) in [5.41, 5.74) is 0.971. The summed E-state index contributed by atoms with van der Waals surface area (Å²) in [5.74, 6) is 0. The normalized spacial score (nSPS) is 21.2. The maximum atomic E-state index is 10.3. The molecule has 1 aliphatic heterocycles. The average Bonchev–Trinajstić information content (AvgIpc) is 2.90. The fourth-order valence-corrected chi connectivity index (χ4v) is 3.58. The van der Waals surface area contributed by atoms with Gasteiger partial charge in [0.2, 0.25) is 0 Å². The fraction of sp³-hybridized carbons (Fsp3) is 0.625. The molecule has 112 valence electrons. The molecule has 1 aromatic rings. The minimum absolute atomic E-state index is 0.282. The molecular formula is C16H24BrNO2. The highest BCUT2D eigenvalue weighted by Gasteiger charge is 2.24. The predicted molar refractivity (Wildman–Crippen MR) is 84.6 cm³/mol. The van der Waals surface area contributed by atoms with Crippen molar-refractivity contribution in [2.75, 3.05) is 19.7 Å². The molecule has 4 heteroatoms. The lowest BCUT2D eigenvalue weighted by Crippen LogP contribution is -2.31. The van der Waals surface area contributed by atoms with Crippen molar-refractivity contribution in [3.63, 3.8) is 0 Å². The maximum absolute atomic E-state index is 10.3. The molecule has 3 nitrogen and oxygen atoms in total. The Labute approximate surface area is 129 Å². The number of aliphatic hydroxyl groups is 2. The number of rotatable bonds is 7. The lowest BCUT2D eigenvalue weighted by atomic mass is 10.1. The SMILES string of the molecule is OCCCC1CCCN1CCC(O)c1ccccc1Br. The summed E-state index contributed by atoms with van der Waals surface area (Å²) in [6, 6.07) is 8.46.